The predicted octanol–water partition coefficient (Wildman–Crippen LogP) is 0.755. The van der Waals surface area contributed by atoms with Crippen molar-refractivity contribution in [2.75, 3.05) is 33.3 Å². The van der Waals surface area contributed by atoms with Gasteiger partial charge in [0.2, 0.25) is 0 Å². The first kappa shape index (κ1) is 10.4. The highest BCUT2D eigenvalue weighted by Gasteiger charge is 2.36. The highest BCUT2D eigenvalue weighted by molar-refractivity contribution is 4.88. The molecule has 0 radical (unpaired) electrons. The second-order valence-electron chi connectivity index (χ2n) is 4.78. The van der Waals surface area contributed by atoms with Gasteiger partial charge in [0.05, 0.1) is 12.7 Å². The summed E-state index contributed by atoms with van der Waals surface area (Å²) >= 11 is 0. The summed E-state index contributed by atoms with van der Waals surface area (Å²) in [5, 5.41) is 6.62. The summed E-state index contributed by atoms with van der Waals surface area (Å²) in [6, 6.07) is 0. The van der Waals surface area contributed by atoms with Gasteiger partial charge in [0.15, 0.2) is 0 Å². The minimum atomic E-state index is 0.459. The molecule has 2 heterocycles. The Morgan fingerprint density at radius 1 is 1.36 bits per heavy atom. The molecule has 0 aromatic rings. The maximum Gasteiger partial charge on any atom is 0.0699 e. The summed E-state index contributed by atoms with van der Waals surface area (Å²) in [5.74, 6) is 0. The molecule has 3 heteroatoms. The number of piperidine rings is 1. The molecule has 2 saturated heterocycles. The second-order valence-corrected chi connectivity index (χ2v) is 4.78. The van der Waals surface area contributed by atoms with Crippen molar-refractivity contribution in [2.24, 2.45) is 5.41 Å². The molecule has 1 atom stereocenters. The molecule has 0 saturated carbocycles. The molecule has 1 unspecified atom stereocenters. The quantitative estimate of drug-likeness (QED) is 0.687. The van der Waals surface area contributed by atoms with Crippen molar-refractivity contribution >= 4 is 0 Å². The standard InChI is InChI=1S/C11H22N2O/c1-12-8-10-2-3-11(9-14-10)4-6-13-7-5-11/h10,12-13H,2-9H2,1H3. The third kappa shape index (κ3) is 2.27. The molecule has 2 rings (SSSR count). The van der Waals surface area contributed by atoms with Crippen LogP contribution in [0.4, 0.5) is 0 Å². The molecule has 14 heavy (non-hydrogen) atoms. The normalized spacial score (nSPS) is 31.9. The van der Waals surface area contributed by atoms with Gasteiger partial charge >= 0.3 is 0 Å². The van der Waals surface area contributed by atoms with Crippen molar-refractivity contribution in [3.05, 3.63) is 0 Å². The largest absolute Gasteiger partial charge is 0.376 e. The van der Waals surface area contributed by atoms with E-state index in [1.807, 2.05) is 7.05 Å². The van der Waals surface area contributed by atoms with Crippen LogP contribution in [-0.2, 0) is 4.74 Å². The van der Waals surface area contributed by atoms with Crippen LogP contribution in [0.5, 0.6) is 0 Å². The summed E-state index contributed by atoms with van der Waals surface area (Å²) in [4.78, 5) is 0. The Bertz CT molecular complexity index is 168. The zero-order valence-electron chi connectivity index (χ0n) is 9.14. The Morgan fingerprint density at radius 2 is 2.14 bits per heavy atom. The molecule has 1 spiro atoms. The van der Waals surface area contributed by atoms with E-state index in [9.17, 15) is 0 Å². The zero-order chi connectivity index (χ0) is 9.86. The van der Waals surface area contributed by atoms with E-state index in [1.165, 1.54) is 38.8 Å². The molecule has 2 N–H and O–H groups in total. The van der Waals surface area contributed by atoms with Crippen LogP contribution >= 0.6 is 0 Å². The van der Waals surface area contributed by atoms with Gasteiger partial charge in [0.1, 0.15) is 0 Å². The molecule has 0 aliphatic carbocycles. The lowest BCUT2D eigenvalue weighted by molar-refractivity contribution is -0.0723. The van der Waals surface area contributed by atoms with Crippen molar-refractivity contribution < 1.29 is 4.74 Å². The number of hydrogen-bond donors (Lipinski definition) is 2. The number of nitrogens with one attached hydrogen (secondary N) is 2. The van der Waals surface area contributed by atoms with Crippen LogP contribution in [0, 0.1) is 5.41 Å². The van der Waals surface area contributed by atoms with E-state index in [2.05, 4.69) is 10.6 Å². The van der Waals surface area contributed by atoms with Gasteiger partial charge in [-0.1, -0.05) is 0 Å². The maximum absolute atomic E-state index is 5.92. The Morgan fingerprint density at radius 3 is 2.71 bits per heavy atom. The molecule has 82 valence electrons. The number of rotatable bonds is 2. The van der Waals surface area contributed by atoms with Gasteiger partial charge in [0.25, 0.3) is 0 Å². The summed E-state index contributed by atoms with van der Waals surface area (Å²) < 4.78 is 5.92. The first-order valence-electron chi connectivity index (χ1n) is 5.82. The third-order valence-electron chi connectivity index (χ3n) is 3.72. The fourth-order valence-electron chi connectivity index (χ4n) is 2.66. The zero-order valence-corrected chi connectivity index (χ0v) is 9.14. The van der Waals surface area contributed by atoms with Crippen molar-refractivity contribution in [1.82, 2.24) is 10.6 Å². The number of likely N-dealkylation sites (N-methyl/N-ethyl adjacent to an activating group) is 1. The Balaban J connectivity index is 1.81. The summed E-state index contributed by atoms with van der Waals surface area (Å²) in [5.41, 5.74) is 0.523. The lowest BCUT2D eigenvalue weighted by Gasteiger charge is -2.43. The van der Waals surface area contributed by atoms with Crippen molar-refractivity contribution in [2.45, 2.75) is 31.8 Å². The van der Waals surface area contributed by atoms with Crippen LogP contribution < -0.4 is 10.6 Å². The SMILES string of the molecule is CNCC1CCC2(CCNCC2)CO1. The third-order valence-corrected chi connectivity index (χ3v) is 3.72. The van der Waals surface area contributed by atoms with E-state index in [-0.39, 0.29) is 0 Å². The fraction of sp³-hybridized carbons (Fsp3) is 1.00. The Kier molecular flexibility index (Phi) is 3.42. The van der Waals surface area contributed by atoms with E-state index in [1.54, 1.807) is 0 Å². The van der Waals surface area contributed by atoms with E-state index in [4.69, 9.17) is 4.74 Å². The smallest absolute Gasteiger partial charge is 0.0699 e. The van der Waals surface area contributed by atoms with Gasteiger partial charge in [-0.05, 0) is 51.2 Å². The molecular formula is C11H22N2O. The van der Waals surface area contributed by atoms with Gasteiger partial charge in [0, 0.05) is 6.54 Å². The van der Waals surface area contributed by atoms with Crippen molar-refractivity contribution in [3.8, 4) is 0 Å². The highest BCUT2D eigenvalue weighted by Crippen LogP contribution is 2.38. The molecule has 2 fully saturated rings. The predicted molar refractivity (Wildman–Crippen MR) is 57.4 cm³/mol. The van der Waals surface area contributed by atoms with Gasteiger partial charge < -0.3 is 15.4 Å². The molecule has 0 bridgehead atoms. The lowest BCUT2D eigenvalue weighted by atomic mass is 9.74. The van der Waals surface area contributed by atoms with Crippen LogP contribution in [-0.4, -0.2) is 39.4 Å². The molecular weight excluding hydrogens is 176 g/mol. The lowest BCUT2D eigenvalue weighted by Crippen LogP contribution is -2.45. The maximum atomic E-state index is 5.92. The number of ether oxygens (including phenoxy) is 1. The Labute approximate surface area is 86.6 Å². The molecule has 3 nitrogen and oxygen atoms in total. The van der Waals surface area contributed by atoms with Crippen molar-refractivity contribution in [3.63, 3.8) is 0 Å². The van der Waals surface area contributed by atoms with Gasteiger partial charge in [-0.15, -0.1) is 0 Å². The number of hydrogen-bond acceptors (Lipinski definition) is 3. The molecule has 0 amide bonds. The van der Waals surface area contributed by atoms with Crippen LogP contribution in [0.1, 0.15) is 25.7 Å². The molecule has 0 aromatic heterocycles. The van der Waals surface area contributed by atoms with Crippen LogP contribution in [0.2, 0.25) is 0 Å². The van der Waals surface area contributed by atoms with Gasteiger partial charge in [-0.3, -0.25) is 0 Å². The highest BCUT2D eigenvalue weighted by atomic mass is 16.5. The van der Waals surface area contributed by atoms with Crippen LogP contribution in [0.3, 0.4) is 0 Å². The Hall–Kier alpha value is -0.120. The van der Waals surface area contributed by atoms with Crippen LogP contribution in [0.15, 0.2) is 0 Å². The topological polar surface area (TPSA) is 33.3 Å². The molecule has 2 aliphatic heterocycles. The van der Waals surface area contributed by atoms with Crippen LogP contribution in [0.25, 0.3) is 0 Å². The van der Waals surface area contributed by atoms with E-state index in [0.29, 0.717) is 11.5 Å². The minimum Gasteiger partial charge on any atom is -0.376 e. The van der Waals surface area contributed by atoms with Gasteiger partial charge in [-0.2, -0.15) is 0 Å². The van der Waals surface area contributed by atoms with Crippen molar-refractivity contribution in [1.29, 1.82) is 0 Å². The summed E-state index contributed by atoms with van der Waals surface area (Å²) in [6.45, 7) is 4.36. The van der Waals surface area contributed by atoms with Gasteiger partial charge in [-0.25, -0.2) is 0 Å². The van der Waals surface area contributed by atoms with E-state index < -0.39 is 0 Å². The second kappa shape index (κ2) is 4.60. The van der Waals surface area contributed by atoms with E-state index in [0.717, 1.165) is 13.2 Å². The average molecular weight is 198 g/mol. The molecule has 0 aromatic carbocycles. The minimum absolute atomic E-state index is 0.459. The first-order valence-corrected chi connectivity index (χ1v) is 5.82. The first-order chi connectivity index (χ1) is 6.85. The summed E-state index contributed by atoms with van der Waals surface area (Å²) in [6.07, 6.45) is 5.67. The average Bonchev–Trinajstić information content (AvgIpc) is 2.24. The monoisotopic (exact) mass is 198 g/mol. The molecule has 2 aliphatic rings. The fourth-order valence-corrected chi connectivity index (χ4v) is 2.66. The summed E-state index contributed by atoms with van der Waals surface area (Å²) in [7, 11) is 2.00. The van der Waals surface area contributed by atoms with E-state index >= 15 is 0 Å².